The second-order valence-electron chi connectivity index (χ2n) is 6.60. The second kappa shape index (κ2) is 8.41. The first kappa shape index (κ1) is 19.9. The maximum atomic E-state index is 12.8. The molecular weight excluding hydrogens is 372 g/mol. The van der Waals surface area contributed by atoms with Gasteiger partial charge in [0.1, 0.15) is 12.1 Å². The van der Waals surface area contributed by atoms with Gasteiger partial charge < -0.3 is 10.8 Å². The fourth-order valence-corrected chi connectivity index (χ4v) is 3.19. The number of amides is 3. The molecular formula is C21H18N4O4. The summed E-state index contributed by atoms with van der Waals surface area (Å²) in [5, 5.41) is 2.56. The molecule has 3 rings (SSSR count). The number of carbonyl (C=O) groups is 4. The predicted octanol–water partition coefficient (Wildman–Crippen LogP) is 1.27. The van der Waals surface area contributed by atoms with Crippen molar-refractivity contribution in [2.45, 2.75) is 25.4 Å². The Morgan fingerprint density at radius 2 is 1.59 bits per heavy atom. The third-order valence-electron chi connectivity index (χ3n) is 4.72. The van der Waals surface area contributed by atoms with Crippen molar-refractivity contribution < 1.29 is 24.0 Å². The number of Topliss-reactive ketones (excluding diaryl/α,β-unsaturated/α-hetero) is 1. The molecule has 3 amide bonds. The van der Waals surface area contributed by atoms with Gasteiger partial charge >= 0.3 is 6.21 Å². The van der Waals surface area contributed by atoms with Gasteiger partial charge in [0.05, 0.1) is 11.1 Å². The van der Waals surface area contributed by atoms with Crippen molar-refractivity contribution in [1.82, 2.24) is 10.2 Å². The van der Waals surface area contributed by atoms with Crippen molar-refractivity contribution in [2.75, 3.05) is 0 Å². The molecule has 8 nitrogen and oxygen atoms in total. The third kappa shape index (κ3) is 4.02. The lowest BCUT2D eigenvalue weighted by atomic mass is 10.0. The van der Waals surface area contributed by atoms with E-state index in [0.29, 0.717) is 6.21 Å². The van der Waals surface area contributed by atoms with Gasteiger partial charge in [0.15, 0.2) is 0 Å². The molecule has 146 valence electrons. The zero-order chi connectivity index (χ0) is 21.0. The van der Waals surface area contributed by atoms with Crippen LogP contribution in [-0.4, -0.2) is 51.5 Å². The van der Waals surface area contributed by atoms with Crippen molar-refractivity contribution in [1.29, 1.82) is 0 Å². The van der Waals surface area contributed by atoms with Crippen LogP contribution in [0.3, 0.4) is 0 Å². The van der Waals surface area contributed by atoms with Crippen molar-refractivity contribution in [3.05, 3.63) is 76.8 Å². The van der Waals surface area contributed by atoms with Gasteiger partial charge in [0.25, 0.3) is 17.6 Å². The normalized spacial score (nSPS) is 14.6. The van der Waals surface area contributed by atoms with Gasteiger partial charge in [-0.1, -0.05) is 42.5 Å². The lowest BCUT2D eigenvalue weighted by Crippen LogP contribution is -2.52. The molecule has 8 heteroatoms. The van der Waals surface area contributed by atoms with Crippen LogP contribution in [0.1, 0.15) is 33.2 Å². The highest BCUT2D eigenvalue weighted by Gasteiger charge is 2.41. The van der Waals surface area contributed by atoms with Gasteiger partial charge in [-0.05, 0) is 24.6 Å². The molecule has 29 heavy (non-hydrogen) atoms. The summed E-state index contributed by atoms with van der Waals surface area (Å²) < 4.78 is 0. The smallest absolute Gasteiger partial charge is 0.325 e. The van der Waals surface area contributed by atoms with Crippen molar-refractivity contribution in [2.24, 2.45) is 0 Å². The van der Waals surface area contributed by atoms with Crippen LogP contribution in [0.4, 0.5) is 0 Å². The van der Waals surface area contributed by atoms with Crippen LogP contribution < -0.4 is 5.32 Å². The fraction of sp³-hybridized carbons (Fsp3) is 0.190. The standard InChI is InChI=1S/C21H18N4O4/c1-13(25-20(28)15-9-5-6-10-16(15)21(25)29)19(27)24-17(18(26)12-23-22)11-14-7-3-2-4-8-14/h2-10,12-13,17H,11H2,1H3,(H,24,27)/t13-,17+/m1/s1. The Hall–Kier alpha value is -3.90. The van der Waals surface area contributed by atoms with Gasteiger partial charge in [-0.25, -0.2) is 0 Å². The fourth-order valence-electron chi connectivity index (χ4n) is 3.19. The van der Waals surface area contributed by atoms with Gasteiger partial charge in [0.2, 0.25) is 5.91 Å². The third-order valence-corrected chi connectivity index (χ3v) is 4.72. The van der Waals surface area contributed by atoms with Crippen LogP contribution >= 0.6 is 0 Å². The van der Waals surface area contributed by atoms with E-state index in [-0.39, 0.29) is 17.5 Å². The maximum Gasteiger partial charge on any atom is 0.325 e. The van der Waals surface area contributed by atoms with Crippen molar-refractivity contribution in [3.8, 4) is 0 Å². The molecule has 0 radical (unpaired) electrons. The Morgan fingerprint density at radius 1 is 1.03 bits per heavy atom. The predicted molar refractivity (Wildman–Crippen MR) is 103 cm³/mol. The maximum absolute atomic E-state index is 12.8. The van der Waals surface area contributed by atoms with E-state index in [2.05, 4.69) is 10.1 Å². The van der Waals surface area contributed by atoms with E-state index in [1.54, 1.807) is 36.4 Å². The molecule has 2 atom stereocenters. The van der Waals surface area contributed by atoms with E-state index in [4.69, 9.17) is 5.53 Å². The van der Waals surface area contributed by atoms with Gasteiger partial charge in [0, 0.05) is 6.42 Å². The quantitative estimate of drug-likeness (QED) is 0.331. The molecule has 0 saturated heterocycles. The Kier molecular flexibility index (Phi) is 5.76. The van der Waals surface area contributed by atoms with Crippen LogP contribution in [0, 0.1) is 0 Å². The van der Waals surface area contributed by atoms with Gasteiger partial charge in [-0.15, -0.1) is 0 Å². The SMILES string of the molecule is C[C@H](C(=O)N[C@@H](Cc1ccccc1)C(=O)C=[N+]=[N-])N1C(=O)c2ccccc2C1=O. The summed E-state index contributed by atoms with van der Waals surface area (Å²) >= 11 is 0. The van der Waals surface area contributed by atoms with Crippen LogP contribution in [0.15, 0.2) is 54.6 Å². The topological polar surface area (TPSA) is 120 Å². The van der Waals surface area contributed by atoms with Crippen molar-refractivity contribution >= 4 is 29.7 Å². The number of nitrogens with zero attached hydrogens (tertiary/aromatic N) is 3. The van der Waals surface area contributed by atoms with Crippen molar-refractivity contribution in [3.63, 3.8) is 0 Å². The second-order valence-corrected chi connectivity index (χ2v) is 6.60. The van der Waals surface area contributed by atoms with Crippen LogP contribution in [-0.2, 0) is 16.0 Å². The molecule has 1 N–H and O–H groups in total. The summed E-state index contributed by atoms with van der Waals surface area (Å²) in [6, 6.07) is 13.2. The molecule has 2 aromatic carbocycles. The molecule has 0 saturated carbocycles. The minimum atomic E-state index is -1.13. The summed E-state index contributed by atoms with van der Waals surface area (Å²) in [5.41, 5.74) is 9.93. The Morgan fingerprint density at radius 3 is 2.14 bits per heavy atom. The average molecular weight is 390 g/mol. The monoisotopic (exact) mass is 390 g/mol. The highest BCUT2D eigenvalue weighted by Crippen LogP contribution is 2.24. The minimum absolute atomic E-state index is 0.159. The lowest BCUT2D eigenvalue weighted by molar-refractivity contribution is -0.128. The molecule has 0 aliphatic carbocycles. The number of imide groups is 1. The molecule has 0 bridgehead atoms. The van der Waals surface area contributed by atoms with E-state index >= 15 is 0 Å². The van der Waals surface area contributed by atoms with Crippen LogP contribution in [0.2, 0.25) is 0 Å². The van der Waals surface area contributed by atoms with Gasteiger partial charge in [-0.3, -0.25) is 24.1 Å². The van der Waals surface area contributed by atoms with E-state index in [1.807, 2.05) is 6.07 Å². The zero-order valence-corrected chi connectivity index (χ0v) is 15.6. The Labute approximate surface area is 166 Å². The number of rotatable bonds is 7. The van der Waals surface area contributed by atoms with Gasteiger partial charge in [-0.2, -0.15) is 4.79 Å². The molecule has 0 unspecified atom stereocenters. The van der Waals surface area contributed by atoms with E-state index in [0.717, 1.165) is 10.5 Å². The van der Waals surface area contributed by atoms with E-state index < -0.39 is 35.6 Å². The number of hydrogen-bond acceptors (Lipinski definition) is 4. The largest absolute Gasteiger partial charge is 0.361 e. The van der Waals surface area contributed by atoms with Crippen LogP contribution in [0.5, 0.6) is 0 Å². The Bertz CT molecular complexity index is 993. The van der Waals surface area contributed by atoms with Crippen LogP contribution in [0.25, 0.3) is 5.53 Å². The average Bonchev–Trinajstić information content (AvgIpc) is 2.98. The number of benzene rings is 2. The molecule has 1 heterocycles. The summed E-state index contributed by atoms with van der Waals surface area (Å²) in [4.78, 5) is 53.8. The van der Waals surface area contributed by atoms with E-state index in [1.165, 1.54) is 19.1 Å². The first-order valence-electron chi connectivity index (χ1n) is 8.96. The minimum Gasteiger partial charge on any atom is -0.361 e. The van der Waals surface area contributed by atoms with E-state index in [9.17, 15) is 19.2 Å². The highest BCUT2D eigenvalue weighted by molar-refractivity contribution is 6.28. The number of ketones is 1. The molecule has 1 aliphatic rings. The first-order valence-corrected chi connectivity index (χ1v) is 8.96. The number of fused-ring (bicyclic) bond motifs is 1. The summed E-state index contributed by atoms with van der Waals surface area (Å²) in [6.07, 6.45) is 0.868. The number of carbonyl (C=O) groups excluding carboxylic acids is 4. The molecule has 1 aliphatic heterocycles. The molecule has 0 aromatic heterocycles. The first-order chi connectivity index (χ1) is 13.9. The molecule has 2 aromatic rings. The highest BCUT2D eigenvalue weighted by atomic mass is 16.2. The summed E-state index contributed by atoms with van der Waals surface area (Å²) in [6.45, 7) is 1.42. The summed E-state index contributed by atoms with van der Waals surface area (Å²) in [5.74, 6) is -2.40. The number of hydrogen-bond donors (Lipinski definition) is 1. The Balaban J connectivity index is 1.79. The summed E-state index contributed by atoms with van der Waals surface area (Å²) in [7, 11) is 0. The zero-order valence-electron chi connectivity index (χ0n) is 15.6. The number of nitrogens with one attached hydrogen (secondary N) is 1. The lowest BCUT2D eigenvalue weighted by Gasteiger charge is -2.24. The molecule has 0 fully saturated rings. The molecule has 0 spiro atoms.